The Balaban J connectivity index is 2.88. The standard InChI is InChI=1S/C6H11N3S/c1-6(2)4(7-3)8-5(10)9-6/h5,9-10H,3H2,1-2H3/p+1. The molecule has 3 nitrogen and oxygen atoms in total. The molecule has 0 spiro atoms. The Morgan fingerprint density at radius 3 is 2.50 bits per heavy atom. The molecule has 1 aliphatic rings. The van der Waals surface area contributed by atoms with Gasteiger partial charge in [0.1, 0.15) is 5.54 Å². The Morgan fingerprint density at radius 2 is 2.30 bits per heavy atom. The molecule has 0 radical (unpaired) electrons. The van der Waals surface area contributed by atoms with E-state index in [1.807, 2.05) is 13.8 Å². The van der Waals surface area contributed by atoms with Crippen LogP contribution in [0.1, 0.15) is 13.8 Å². The first-order valence-corrected chi connectivity index (χ1v) is 3.64. The van der Waals surface area contributed by atoms with Gasteiger partial charge in [-0.05, 0) is 13.8 Å². The summed E-state index contributed by atoms with van der Waals surface area (Å²) in [4.78, 5) is 0. The zero-order chi connectivity index (χ0) is 7.78. The summed E-state index contributed by atoms with van der Waals surface area (Å²) in [6.45, 7) is 7.51. The van der Waals surface area contributed by atoms with E-state index in [9.17, 15) is 0 Å². The molecule has 0 saturated carbocycles. The third-order valence-electron chi connectivity index (χ3n) is 1.52. The number of amidine groups is 1. The van der Waals surface area contributed by atoms with E-state index in [0.717, 1.165) is 5.84 Å². The van der Waals surface area contributed by atoms with Crippen molar-refractivity contribution in [3.8, 4) is 0 Å². The molecule has 0 aliphatic carbocycles. The molecule has 1 saturated heterocycles. The number of thiol groups is 1. The largest absolute Gasteiger partial charge is 0.363 e. The van der Waals surface area contributed by atoms with Gasteiger partial charge in [-0.2, -0.15) is 0 Å². The lowest BCUT2D eigenvalue weighted by molar-refractivity contribution is 0.544. The van der Waals surface area contributed by atoms with Crippen LogP contribution in [0.3, 0.4) is 0 Å². The van der Waals surface area contributed by atoms with Gasteiger partial charge in [-0.25, -0.2) is 9.98 Å². The predicted octanol–water partition coefficient (Wildman–Crippen LogP) is -0.663. The van der Waals surface area contributed by atoms with Crippen molar-refractivity contribution in [3.63, 3.8) is 0 Å². The molecule has 0 aromatic heterocycles. The summed E-state index contributed by atoms with van der Waals surface area (Å²) < 4.78 is 3.83. The third-order valence-corrected chi connectivity index (χ3v) is 1.78. The second-order valence-corrected chi connectivity index (χ2v) is 3.34. The molecular weight excluding hydrogens is 146 g/mol. The van der Waals surface area contributed by atoms with Gasteiger partial charge in [-0.15, -0.1) is 12.6 Å². The van der Waals surface area contributed by atoms with Crippen molar-refractivity contribution in [2.24, 2.45) is 0 Å². The Bertz CT molecular complexity index is 193. The Hall–Kier alpha value is -0.440. The Kier molecular flexibility index (Phi) is 1.77. The molecule has 1 rings (SSSR count). The van der Waals surface area contributed by atoms with Crippen LogP contribution in [-0.2, 0) is 0 Å². The Labute approximate surface area is 66.1 Å². The average molecular weight is 158 g/mol. The molecule has 0 aromatic rings. The van der Waals surface area contributed by atoms with E-state index in [4.69, 9.17) is 0 Å². The number of nitrogens with zero attached hydrogens (tertiary/aromatic N) is 1. The fourth-order valence-electron chi connectivity index (χ4n) is 0.999. The topological polar surface area (TPSA) is 38.2 Å². The van der Waals surface area contributed by atoms with Crippen LogP contribution in [0.4, 0.5) is 0 Å². The second kappa shape index (κ2) is 2.31. The maximum absolute atomic E-state index is 4.19. The second-order valence-electron chi connectivity index (χ2n) is 2.82. The van der Waals surface area contributed by atoms with Crippen molar-refractivity contribution >= 4 is 25.2 Å². The van der Waals surface area contributed by atoms with Crippen LogP contribution in [0.25, 0.3) is 0 Å². The molecule has 1 aliphatic heterocycles. The highest BCUT2D eigenvalue weighted by Gasteiger charge is 2.42. The minimum absolute atomic E-state index is 0.00417. The van der Waals surface area contributed by atoms with Gasteiger partial charge in [0, 0.05) is 0 Å². The molecule has 1 atom stereocenters. The van der Waals surface area contributed by atoms with Gasteiger partial charge in [-0.1, -0.05) is 0 Å². The maximum Gasteiger partial charge on any atom is 0.363 e. The highest BCUT2D eigenvalue weighted by atomic mass is 32.1. The molecule has 0 bridgehead atoms. The molecule has 10 heavy (non-hydrogen) atoms. The summed E-state index contributed by atoms with van der Waals surface area (Å²) in [6.07, 6.45) is 0. The summed E-state index contributed by atoms with van der Waals surface area (Å²) in [5.41, 5.74) is -0.121. The molecule has 0 aromatic carbocycles. The average Bonchev–Trinajstić information content (AvgIpc) is 2.04. The molecule has 1 unspecified atom stereocenters. The zero-order valence-electron chi connectivity index (χ0n) is 6.18. The smallest absolute Gasteiger partial charge is 0.253 e. The van der Waals surface area contributed by atoms with E-state index in [1.165, 1.54) is 0 Å². The fourth-order valence-corrected chi connectivity index (χ4v) is 1.44. The van der Waals surface area contributed by atoms with Gasteiger partial charge in [-0.3, -0.25) is 5.32 Å². The first kappa shape index (κ1) is 7.66. The van der Waals surface area contributed by atoms with E-state index >= 15 is 0 Å². The van der Waals surface area contributed by atoms with E-state index in [2.05, 4.69) is 34.6 Å². The highest BCUT2D eigenvalue weighted by Crippen LogP contribution is 2.10. The molecule has 0 amide bonds. The first-order valence-electron chi connectivity index (χ1n) is 3.13. The summed E-state index contributed by atoms with van der Waals surface area (Å²) >= 11 is 4.19. The van der Waals surface area contributed by atoms with Crippen LogP contribution in [0, 0.1) is 0 Å². The van der Waals surface area contributed by atoms with Crippen LogP contribution in [-0.4, -0.2) is 23.6 Å². The van der Waals surface area contributed by atoms with Gasteiger partial charge in [0.25, 0.3) is 0 Å². The van der Waals surface area contributed by atoms with Crippen molar-refractivity contribution in [1.82, 2.24) is 15.3 Å². The normalized spacial score (nSPS) is 29.5. The predicted molar refractivity (Wildman–Crippen MR) is 47.4 cm³/mol. The summed E-state index contributed by atoms with van der Waals surface area (Å²) in [6, 6.07) is 0. The summed E-state index contributed by atoms with van der Waals surface area (Å²) in [5, 5.41) is 6.21. The number of hydrogen-bond donors (Lipinski definition) is 3. The number of rotatable bonds is 0. The molecular formula is C6H12N3S+. The quantitative estimate of drug-likeness (QED) is 0.249. The van der Waals surface area contributed by atoms with E-state index in [0.29, 0.717) is 0 Å². The fraction of sp³-hybridized carbons (Fsp3) is 0.667. The minimum atomic E-state index is -0.117. The maximum atomic E-state index is 4.19. The Morgan fingerprint density at radius 1 is 1.70 bits per heavy atom. The van der Waals surface area contributed by atoms with Gasteiger partial charge in [0.05, 0.1) is 0 Å². The van der Waals surface area contributed by atoms with E-state index in [-0.39, 0.29) is 11.0 Å². The first-order chi connectivity index (χ1) is 4.56. The van der Waals surface area contributed by atoms with Crippen LogP contribution in [0.5, 0.6) is 0 Å². The molecule has 56 valence electrons. The monoisotopic (exact) mass is 158 g/mol. The lowest BCUT2D eigenvalue weighted by atomic mass is 10.1. The van der Waals surface area contributed by atoms with Crippen molar-refractivity contribution < 1.29 is 0 Å². The van der Waals surface area contributed by atoms with Crippen LogP contribution < -0.4 is 15.3 Å². The molecule has 4 heteroatoms. The summed E-state index contributed by atoms with van der Waals surface area (Å²) in [5.74, 6) is 0.854. The zero-order valence-corrected chi connectivity index (χ0v) is 7.07. The minimum Gasteiger partial charge on any atom is -0.253 e. The van der Waals surface area contributed by atoms with E-state index in [1.54, 1.807) is 0 Å². The molecule has 1 heterocycles. The highest BCUT2D eigenvalue weighted by molar-refractivity contribution is 7.80. The molecule has 1 fully saturated rings. The SMILES string of the molecule is C=[N+]=C1NC(S)NC1(C)C. The van der Waals surface area contributed by atoms with Gasteiger partial charge in [0.2, 0.25) is 0 Å². The lowest BCUT2D eigenvalue weighted by Gasteiger charge is -2.09. The van der Waals surface area contributed by atoms with Crippen molar-refractivity contribution in [2.75, 3.05) is 0 Å². The van der Waals surface area contributed by atoms with Crippen molar-refractivity contribution in [1.29, 1.82) is 0 Å². The molecule has 2 N–H and O–H groups in total. The number of nitrogens with one attached hydrogen (secondary N) is 2. The van der Waals surface area contributed by atoms with Crippen molar-refractivity contribution in [2.45, 2.75) is 24.9 Å². The van der Waals surface area contributed by atoms with Gasteiger partial charge < -0.3 is 0 Å². The van der Waals surface area contributed by atoms with Gasteiger partial charge >= 0.3 is 5.84 Å². The van der Waals surface area contributed by atoms with Crippen LogP contribution >= 0.6 is 12.6 Å². The van der Waals surface area contributed by atoms with E-state index < -0.39 is 0 Å². The number of hydrogen-bond acceptors (Lipinski definition) is 2. The van der Waals surface area contributed by atoms with Gasteiger partial charge in [0.15, 0.2) is 12.2 Å². The van der Waals surface area contributed by atoms with Crippen LogP contribution in [0.15, 0.2) is 0 Å². The lowest BCUT2D eigenvalue weighted by Crippen LogP contribution is -2.41. The third kappa shape index (κ3) is 1.19. The van der Waals surface area contributed by atoms with Crippen molar-refractivity contribution in [3.05, 3.63) is 0 Å². The van der Waals surface area contributed by atoms with Crippen LogP contribution in [0.2, 0.25) is 0 Å². The summed E-state index contributed by atoms with van der Waals surface area (Å²) in [7, 11) is 0.